The lowest BCUT2D eigenvalue weighted by Gasteiger charge is -2.01. The molecule has 15 heavy (non-hydrogen) atoms. The number of alkyl halides is 3. The molecule has 9 heteroatoms. The van der Waals surface area contributed by atoms with Gasteiger partial charge in [-0.15, -0.1) is 9.79 Å². The highest BCUT2D eigenvalue weighted by molar-refractivity contribution is 7.30. The Bertz CT molecular complexity index is 289. The number of hydrogen-bond donors (Lipinski definition) is 2. The molecule has 86 valence electrons. The van der Waals surface area contributed by atoms with Crippen molar-refractivity contribution >= 4 is 8.25 Å². The highest BCUT2D eigenvalue weighted by atomic mass is 31.1. The van der Waals surface area contributed by atoms with Gasteiger partial charge in [-0.25, -0.2) is 9.97 Å². The fourth-order valence-electron chi connectivity index (χ4n) is 0.445. The summed E-state index contributed by atoms with van der Waals surface area (Å²) in [6, 6.07) is 1.33. The first kappa shape index (κ1) is 16.3. The molecule has 0 aliphatic rings. The Hall–Kier alpha value is -1.11. The molecule has 0 aliphatic heterocycles. The third-order valence-corrected chi connectivity index (χ3v) is 0.819. The van der Waals surface area contributed by atoms with Crippen LogP contribution in [0, 0.1) is 0 Å². The van der Waals surface area contributed by atoms with Crippen molar-refractivity contribution in [3.8, 4) is 0 Å². The van der Waals surface area contributed by atoms with Gasteiger partial charge in [0.2, 0.25) is 5.82 Å². The molecular weight excluding hydrogens is 236 g/mol. The molecule has 0 aliphatic carbocycles. The van der Waals surface area contributed by atoms with Crippen molar-refractivity contribution in [2.24, 2.45) is 0 Å². The van der Waals surface area contributed by atoms with E-state index in [2.05, 4.69) is 9.97 Å². The molecule has 1 aromatic heterocycles. The molecule has 1 rings (SSSR count). The van der Waals surface area contributed by atoms with Gasteiger partial charge in [0.15, 0.2) is 0 Å². The van der Waals surface area contributed by atoms with Gasteiger partial charge in [0.1, 0.15) is 0 Å². The Labute approximate surface area is 84.6 Å². The van der Waals surface area contributed by atoms with E-state index >= 15 is 0 Å². The van der Waals surface area contributed by atoms with Crippen LogP contribution < -0.4 is 0 Å². The molecule has 0 unspecified atom stereocenters. The average Bonchev–Trinajstić information content (AvgIpc) is 2.03. The van der Waals surface area contributed by atoms with Gasteiger partial charge in [-0.05, 0) is 6.07 Å². The number of nitrogens with zero attached hydrogens (tertiary/aromatic N) is 2. The second-order valence-corrected chi connectivity index (χ2v) is 2.33. The van der Waals surface area contributed by atoms with E-state index in [0.29, 0.717) is 0 Å². The first-order valence-electron chi connectivity index (χ1n) is 3.03. The molecule has 0 saturated carbocycles. The van der Waals surface area contributed by atoms with E-state index < -0.39 is 20.3 Å². The Kier molecular flexibility index (Phi) is 7.85. The van der Waals surface area contributed by atoms with Gasteiger partial charge in [0.25, 0.3) is 0 Å². The van der Waals surface area contributed by atoms with Gasteiger partial charge in [-0.1, -0.05) is 7.43 Å². The maximum atomic E-state index is 11.7. The molecular formula is C6H9F3N2O3P+. The van der Waals surface area contributed by atoms with Crippen molar-refractivity contribution in [2.45, 2.75) is 13.6 Å². The molecule has 1 aromatic rings. The van der Waals surface area contributed by atoms with Crippen molar-refractivity contribution in [3.63, 3.8) is 0 Å². The molecule has 0 amide bonds. The predicted molar refractivity (Wildman–Crippen MR) is 45.8 cm³/mol. The van der Waals surface area contributed by atoms with Crippen molar-refractivity contribution in [2.75, 3.05) is 0 Å². The summed E-state index contributed by atoms with van der Waals surface area (Å²) in [4.78, 5) is 20.3. The maximum absolute atomic E-state index is 11.7. The predicted octanol–water partition coefficient (Wildman–Crippen LogP) is 1.76. The molecule has 0 aromatic carbocycles. The Morgan fingerprint density at radius 1 is 1.20 bits per heavy atom. The zero-order valence-corrected chi connectivity index (χ0v) is 7.40. The minimum Gasteiger partial charge on any atom is -0.233 e. The molecule has 2 N–H and O–H groups in total. The lowest BCUT2D eigenvalue weighted by Crippen LogP contribution is -2.09. The topological polar surface area (TPSA) is 83.3 Å². The SMILES string of the molecule is C.FC(F)(F)c1ncccn1.O=[P+](O)O. The van der Waals surface area contributed by atoms with E-state index in [1.54, 1.807) is 0 Å². The zero-order chi connectivity index (χ0) is 11.2. The lowest BCUT2D eigenvalue weighted by molar-refractivity contribution is -0.145. The van der Waals surface area contributed by atoms with E-state index in [4.69, 9.17) is 14.4 Å². The third-order valence-electron chi connectivity index (χ3n) is 0.819. The average molecular weight is 245 g/mol. The highest BCUT2D eigenvalue weighted by Gasteiger charge is 2.33. The van der Waals surface area contributed by atoms with E-state index in [-0.39, 0.29) is 7.43 Å². The van der Waals surface area contributed by atoms with Crippen molar-refractivity contribution in [3.05, 3.63) is 24.3 Å². The molecule has 1 heterocycles. The van der Waals surface area contributed by atoms with Gasteiger partial charge in [0.05, 0.1) is 0 Å². The van der Waals surface area contributed by atoms with Crippen LogP contribution in [0.15, 0.2) is 18.5 Å². The highest BCUT2D eigenvalue weighted by Crippen LogP contribution is 2.24. The summed E-state index contributed by atoms with van der Waals surface area (Å²) in [7, 11) is -2.87. The second-order valence-electron chi connectivity index (χ2n) is 1.82. The summed E-state index contributed by atoms with van der Waals surface area (Å²) < 4.78 is 43.7. The largest absolute Gasteiger partial charge is 0.692 e. The smallest absolute Gasteiger partial charge is 0.233 e. The minimum atomic E-state index is -4.43. The van der Waals surface area contributed by atoms with Crippen LogP contribution in [0.2, 0.25) is 0 Å². The summed E-state index contributed by atoms with van der Waals surface area (Å²) in [6.45, 7) is 0. The Morgan fingerprint density at radius 2 is 1.53 bits per heavy atom. The van der Waals surface area contributed by atoms with Crippen LogP contribution in [-0.2, 0) is 10.7 Å². The first-order valence-corrected chi connectivity index (χ1v) is 4.19. The molecule has 5 nitrogen and oxygen atoms in total. The zero-order valence-electron chi connectivity index (χ0n) is 6.51. The molecule has 0 saturated heterocycles. The molecule has 0 bridgehead atoms. The summed E-state index contributed by atoms with van der Waals surface area (Å²) in [5.74, 6) is -1.10. The van der Waals surface area contributed by atoms with Crippen LogP contribution in [0.4, 0.5) is 13.2 Å². The number of halogens is 3. The Balaban J connectivity index is 0. The van der Waals surface area contributed by atoms with E-state index in [1.807, 2.05) is 0 Å². The van der Waals surface area contributed by atoms with Crippen molar-refractivity contribution in [1.29, 1.82) is 0 Å². The van der Waals surface area contributed by atoms with Crippen molar-refractivity contribution < 1.29 is 27.5 Å². The van der Waals surface area contributed by atoms with E-state index in [0.717, 1.165) is 12.4 Å². The van der Waals surface area contributed by atoms with Gasteiger partial charge >= 0.3 is 14.4 Å². The number of rotatable bonds is 0. The lowest BCUT2D eigenvalue weighted by atomic mass is 10.5. The fraction of sp³-hybridized carbons (Fsp3) is 0.333. The Morgan fingerprint density at radius 3 is 1.73 bits per heavy atom. The second kappa shape index (κ2) is 7.22. The van der Waals surface area contributed by atoms with Crippen LogP contribution in [0.25, 0.3) is 0 Å². The van der Waals surface area contributed by atoms with Crippen LogP contribution >= 0.6 is 8.25 Å². The summed E-state index contributed by atoms with van der Waals surface area (Å²) in [6.07, 6.45) is -2.33. The van der Waals surface area contributed by atoms with Crippen LogP contribution in [0.3, 0.4) is 0 Å². The first-order chi connectivity index (χ1) is 6.34. The fourth-order valence-corrected chi connectivity index (χ4v) is 0.445. The normalized spacial score (nSPS) is 9.40. The van der Waals surface area contributed by atoms with Crippen LogP contribution in [0.1, 0.15) is 13.3 Å². The van der Waals surface area contributed by atoms with E-state index in [9.17, 15) is 13.2 Å². The number of hydrogen-bond acceptors (Lipinski definition) is 3. The minimum absolute atomic E-state index is 0. The molecule has 0 spiro atoms. The molecule has 0 fully saturated rings. The summed E-state index contributed by atoms with van der Waals surface area (Å²) in [5, 5.41) is 0. The van der Waals surface area contributed by atoms with Gasteiger partial charge < -0.3 is 0 Å². The number of aromatic nitrogens is 2. The summed E-state index contributed by atoms with van der Waals surface area (Å²) in [5.41, 5.74) is 0. The standard InChI is InChI=1S/C5H3F3N2.CH4.HO3P/c6-5(7,8)4-9-2-1-3-10-4;;1-4(2)3/h1-3H;1H4;(H-,1,2,3)/p+1. The summed E-state index contributed by atoms with van der Waals surface area (Å²) >= 11 is 0. The van der Waals surface area contributed by atoms with Gasteiger partial charge in [0, 0.05) is 17.0 Å². The van der Waals surface area contributed by atoms with Gasteiger partial charge in [-0.3, -0.25) is 0 Å². The van der Waals surface area contributed by atoms with Crippen molar-refractivity contribution in [1.82, 2.24) is 9.97 Å². The molecule has 0 atom stereocenters. The van der Waals surface area contributed by atoms with E-state index in [1.165, 1.54) is 6.07 Å². The maximum Gasteiger partial charge on any atom is 0.692 e. The van der Waals surface area contributed by atoms with Crippen LogP contribution in [-0.4, -0.2) is 19.8 Å². The monoisotopic (exact) mass is 245 g/mol. The van der Waals surface area contributed by atoms with Gasteiger partial charge in [-0.2, -0.15) is 13.2 Å². The van der Waals surface area contributed by atoms with Crippen LogP contribution in [0.5, 0.6) is 0 Å². The third kappa shape index (κ3) is 9.20. The quantitative estimate of drug-likeness (QED) is 0.680. The molecule has 0 radical (unpaired) electrons.